The lowest BCUT2D eigenvalue weighted by Gasteiger charge is -2.37. The highest BCUT2D eigenvalue weighted by Gasteiger charge is 2.35. The Bertz CT molecular complexity index is 674. The molecule has 5 nitrogen and oxygen atoms in total. The van der Waals surface area contributed by atoms with Gasteiger partial charge >= 0.3 is 0 Å². The Morgan fingerprint density at radius 3 is 2.71 bits per heavy atom. The molecule has 0 amide bonds. The number of ether oxygens (including phenoxy) is 1. The van der Waals surface area contributed by atoms with E-state index in [0.29, 0.717) is 6.61 Å². The van der Waals surface area contributed by atoms with E-state index in [1.165, 1.54) is 16.4 Å². The number of nitrogens with zero attached hydrogens (tertiary/aromatic N) is 1. The van der Waals surface area contributed by atoms with Gasteiger partial charge in [0, 0.05) is 18.7 Å². The van der Waals surface area contributed by atoms with E-state index >= 15 is 0 Å². The molecule has 1 aromatic carbocycles. The zero-order valence-electron chi connectivity index (χ0n) is 11.8. The molecule has 1 aliphatic heterocycles. The Morgan fingerprint density at radius 1 is 1.48 bits per heavy atom. The predicted octanol–water partition coefficient (Wildman–Crippen LogP) is 1.26. The number of sulfonamides is 1. The first kappa shape index (κ1) is 16.3. The summed E-state index contributed by atoms with van der Waals surface area (Å²) in [7, 11) is -3.73. The quantitative estimate of drug-likeness (QED) is 0.844. The van der Waals surface area contributed by atoms with E-state index in [1.807, 2.05) is 13.8 Å². The van der Waals surface area contributed by atoms with Crippen molar-refractivity contribution in [1.29, 1.82) is 0 Å². The average molecular weight is 332 g/mol. The van der Waals surface area contributed by atoms with Crippen LogP contribution >= 0.6 is 12.2 Å². The van der Waals surface area contributed by atoms with E-state index in [9.17, 15) is 12.8 Å². The Hall–Kier alpha value is -1.09. The van der Waals surface area contributed by atoms with E-state index in [2.05, 4.69) is 0 Å². The number of nitrogens with two attached hydrogens (primary N) is 1. The first-order chi connectivity index (χ1) is 9.63. The SMILES string of the molecule is CC1(C)CN(S(=O)(=O)c2ccc(F)c(C(N)=S)c2)CCO1. The van der Waals surface area contributed by atoms with Gasteiger partial charge in [-0.05, 0) is 32.0 Å². The molecule has 0 radical (unpaired) electrons. The first-order valence-electron chi connectivity index (χ1n) is 6.37. The van der Waals surface area contributed by atoms with Gasteiger partial charge < -0.3 is 10.5 Å². The molecule has 8 heteroatoms. The molecule has 0 unspecified atom stereocenters. The fourth-order valence-electron chi connectivity index (χ4n) is 2.18. The van der Waals surface area contributed by atoms with Crippen LogP contribution < -0.4 is 5.73 Å². The van der Waals surface area contributed by atoms with Crippen LogP contribution in [-0.4, -0.2) is 43.0 Å². The van der Waals surface area contributed by atoms with Crippen LogP contribution in [0.15, 0.2) is 23.1 Å². The monoisotopic (exact) mass is 332 g/mol. The van der Waals surface area contributed by atoms with Gasteiger partial charge in [-0.3, -0.25) is 0 Å². The number of thiocarbonyl (C=S) groups is 1. The topological polar surface area (TPSA) is 72.6 Å². The molecule has 1 aromatic rings. The van der Waals surface area contributed by atoms with Gasteiger partial charge in [-0.2, -0.15) is 4.31 Å². The standard InChI is InChI=1S/C13H17FN2O3S2/c1-13(2)8-16(5-6-19-13)21(17,18)9-3-4-11(14)10(7-9)12(15)20/h3-4,7H,5-6,8H2,1-2H3,(H2,15,20). The maximum absolute atomic E-state index is 13.6. The summed E-state index contributed by atoms with van der Waals surface area (Å²) in [5, 5.41) is 0. The number of rotatable bonds is 3. The second-order valence-electron chi connectivity index (χ2n) is 5.45. The van der Waals surface area contributed by atoms with Gasteiger partial charge in [0.15, 0.2) is 0 Å². The minimum absolute atomic E-state index is 0.0237. The maximum Gasteiger partial charge on any atom is 0.243 e. The van der Waals surface area contributed by atoms with Gasteiger partial charge in [0.05, 0.1) is 17.1 Å². The number of hydrogen-bond acceptors (Lipinski definition) is 4. The van der Waals surface area contributed by atoms with Crippen molar-refractivity contribution < 1.29 is 17.5 Å². The number of halogens is 1. The van der Waals surface area contributed by atoms with Gasteiger partial charge in [0.25, 0.3) is 0 Å². The predicted molar refractivity (Wildman–Crippen MR) is 81.1 cm³/mol. The molecule has 1 aliphatic rings. The van der Waals surface area contributed by atoms with Crippen molar-refractivity contribution in [2.75, 3.05) is 19.7 Å². The third-order valence-corrected chi connectivity index (χ3v) is 5.29. The van der Waals surface area contributed by atoms with Crippen LogP contribution in [0.25, 0.3) is 0 Å². The summed E-state index contributed by atoms with van der Waals surface area (Å²) in [6.45, 7) is 4.44. The van der Waals surface area contributed by atoms with Gasteiger partial charge in [-0.15, -0.1) is 0 Å². The van der Waals surface area contributed by atoms with E-state index < -0.39 is 21.4 Å². The van der Waals surface area contributed by atoms with Crippen molar-refractivity contribution in [2.45, 2.75) is 24.3 Å². The van der Waals surface area contributed by atoms with Crippen LogP contribution in [0, 0.1) is 5.82 Å². The molecule has 0 aromatic heterocycles. The van der Waals surface area contributed by atoms with Crippen molar-refractivity contribution >= 4 is 27.2 Å². The van der Waals surface area contributed by atoms with Gasteiger partial charge in [-0.1, -0.05) is 12.2 Å². The minimum Gasteiger partial charge on any atom is -0.389 e. The van der Waals surface area contributed by atoms with Crippen LogP contribution in [0.4, 0.5) is 4.39 Å². The summed E-state index contributed by atoms with van der Waals surface area (Å²) in [6.07, 6.45) is 0. The molecule has 2 N–H and O–H groups in total. The molecule has 0 aliphatic carbocycles. The Kier molecular flexibility index (Phi) is 4.34. The lowest BCUT2D eigenvalue weighted by atomic mass is 10.1. The Labute approximate surface area is 128 Å². The van der Waals surface area contributed by atoms with Crippen LogP contribution in [-0.2, 0) is 14.8 Å². The van der Waals surface area contributed by atoms with Crippen LogP contribution in [0.1, 0.15) is 19.4 Å². The lowest BCUT2D eigenvalue weighted by Crippen LogP contribution is -2.50. The number of morpholine rings is 1. The van der Waals surface area contributed by atoms with Crippen molar-refractivity contribution in [3.8, 4) is 0 Å². The van der Waals surface area contributed by atoms with Crippen LogP contribution in [0.2, 0.25) is 0 Å². The fraction of sp³-hybridized carbons (Fsp3) is 0.462. The molecule has 1 saturated heterocycles. The summed E-state index contributed by atoms with van der Waals surface area (Å²) >= 11 is 4.73. The molecule has 0 saturated carbocycles. The Balaban J connectivity index is 2.40. The summed E-state index contributed by atoms with van der Waals surface area (Å²) in [5.41, 5.74) is 4.78. The summed E-state index contributed by atoms with van der Waals surface area (Å²) in [5.74, 6) is -0.635. The summed E-state index contributed by atoms with van der Waals surface area (Å²) < 4.78 is 45.7. The number of hydrogen-bond donors (Lipinski definition) is 1. The molecule has 0 atom stereocenters. The Morgan fingerprint density at radius 2 is 2.14 bits per heavy atom. The average Bonchev–Trinajstić information content (AvgIpc) is 2.37. The van der Waals surface area contributed by atoms with Crippen molar-refractivity contribution in [2.24, 2.45) is 5.73 Å². The third-order valence-electron chi connectivity index (χ3n) is 3.23. The first-order valence-corrected chi connectivity index (χ1v) is 8.22. The molecule has 0 bridgehead atoms. The zero-order valence-corrected chi connectivity index (χ0v) is 13.4. The molecule has 0 spiro atoms. The second kappa shape index (κ2) is 5.60. The summed E-state index contributed by atoms with van der Waals surface area (Å²) in [4.78, 5) is -0.198. The van der Waals surface area contributed by atoms with E-state index in [1.54, 1.807) is 0 Å². The highest BCUT2D eigenvalue weighted by molar-refractivity contribution is 7.89. The van der Waals surface area contributed by atoms with Gasteiger partial charge in [-0.25, -0.2) is 12.8 Å². The highest BCUT2D eigenvalue weighted by atomic mass is 32.2. The summed E-state index contributed by atoms with van der Waals surface area (Å²) in [6, 6.07) is 3.46. The van der Waals surface area contributed by atoms with Crippen LogP contribution in [0.5, 0.6) is 0 Å². The minimum atomic E-state index is -3.73. The number of benzene rings is 1. The lowest BCUT2D eigenvalue weighted by molar-refractivity contribution is -0.0640. The molecule has 116 valence electrons. The largest absolute Gasteiger partial charge is 0.389 e. The van der Waals surface area contributed by atoms with Crippen molar-refractivity contribution in [3.05, 3.63) is 29.6 Å². The van der Waals surface area contributed by atoms with Gasteiger partial charge in [0.1, 0.15) is 10.8 Å². The third kappa shape index (κ3) is 3.39. The van der Waals surface area contributed by atoms with E-state index in [-0.39, 0.29) is 28.5 Å². The normalized spacial score (nSPS) is 19.4. The molecule has 1 fully saturated rings. The molecular weight excluding hydrogens is 315 g/mol. The van der Waals surface area contributed by atoms with Crippen molar-refractivity contribution in [3.63, 3.8) is 0 Å². The maximum atomic E-state index is 13.6. The van der Waals surface area contributed by atoms with E-state index in [4.69, 9.17) is 22.7 Å². The molecule has 21 heavy (non-hydrogen) atoms. The fourth-order valence-corrected chi connectivity index (χ4v) is 3.94. The molecule has 1 heterocycles. The smallest absolute Gasteiger partial charge is 0.243 e. The van der Waals surface area contributed by atoms with Crippen molar-refractivity contribution in [1.82, 2.24) is 4.31 Å². The van der Waals surface area contributed by atoms with Crippen LogP contribution in [0.3, 0.4) is 0 Å². The highest BCUT2D eigenvalue weighted by Crippen LogP contribution is 2.24. The second-order valence-corrected chi connectivity index (χ2v) is 7.83. The molecule has 2 rings (SSSR count). The van der Waals surface area contributed by atoms with E-state index in [0.717, 1.165) is 6.07 Å². The molecular formula is C13H17FN2O3S2. The zero-order chi connectivity index (χ0) is 15.8. The van der Waals surface area contributed by atoms with Gasteiger partial charge in [0.2, 0.25) is 10.0 Å².